The number of nitrogens with one attached hydrogen (secondary N) is 1. The zero-order valence-electron chi connectivity index (χ0n) is 17.0. The summed E-state index contributed by atoms with van der Waals surface area (Å²) in [6, 6.07) is 18.4. The Hall–Kier alpha value is -5.24. The summed E-state index contributed by atoms with van der Waals surface area (Å²) in [5, 5.41) is 31.7. The van der Waals surface area contributed by atoms with Gasteiger partial charge in [0.05, 0.1) is 10.5 Å². The van der Waals surface area contributed by atoms with Crippen LogP contribution in [-0.4, -0.2) is 19.9 Å². The highest BCUT2D eigenvalue weighted by Gasteiger charge is 2.15. The van der Waals surface area contributed by atoms with Crippen LogP contribution in [0.2, 0.25) is 0 Å². The zero-order valence-corrected chi connectivity index (χ0v) is 17.0. The SMILES string of the molecule is N#Cc1cc([N+](=O)[O-])ccc1N=Nc1c(N)nc(-c2ccncc2)nc1Nc1ccccc1. The van der Waals surface area contributed by atoms with Crippen LogP contribution in [-0.2, 0) is 0 Å². The molecule has 3 N–H and O–H groups in total. The molecule has 2 aromatic heterocycles. The van der Waals surface area contributed by atoms with Gasteiger partial charge in [-0.3, -0.25) is 15.1 Å². The molecule has 2 heterocycles. The minimum atomic E-state index is -0.590. The summed E-state index contributed by atoms with van der Waals surface area (Å²) in [7, 11) is 0. The number of hydrogen-bond acceptors (Lipinski definition) is 10. The summed E-state index contributed by atoms with van der Waals surface area (Å²) in [4.78, 5) is 23.3. The molecule has 0 aliphatic heterocycles. The fourth-order valence-corrected chi connectivity index (χ4v) is 2.86. The number of hydrogen-bond donors (Lipinski definition) is 2. The van der Waals surface area contributed by atoms with Gasteiger partial charge < -0.3 is 11.1 Å². The number of nitrogens with zero attached hydrogens (tertiary/aromatic N) is 7. The van der Waals surface area contributed by atoms with Crippen LogP contribution in [0.25, 0.3) is 11.4 Å². The molecule has 0 radical (unpaired) electrons. The molecular formula is C22H15N9O2. The van der Waals surface area contributed by atoms with E-state index in [1.807, 2.05) is 36.4 Å². The van der Waals surface area contributed by atoms with E-state index >= 15 is 0 Å². The van der Waals surface area contributed by atoms with Crippen LogP contribution in [0, 0.1) is 21.4 Å². The number of para-hydroxylation sites is 1. The quantitative estimate of drug-likeness (QED) is 0.239. The van der Waals surface area contributed by atoms with Gasteiger partial charge in [-0.15, -0.1) is 10.2 Å². The predicted molar refractivity (Wildman–Crippen MR) is 121 cm³/mol. The number of nitriles is 1. The molecule has 0 amide bonds. The molecule has 4 aromatic rings. The van der Waals surface area contributed by atoms with Crippen molar-refractivity contribution in [3.63, 3.8) is 0 Å². The number of nitro groups is 1. The van der Waals surface area contributed by atoms with Crippen LogP contribution in [0.4, 0.5) is 34.4 Å². The summed E-state index contributed by atoms with van der Waals surface area (Å²) in [5.41, 5.74) is 7.71. The smallest absolute Gasteiger partial charge is 0.270 e. The summed E-state index contributed by atoms with van der Waals surface area (Å²) in [6.45, 7) is 0. The second kappa shape index (κ2) is 9.27. The van der Waals surface area contributed by atoms with Crippen molar-refractivity contribution in [1.82, 2.24) is 15.0 Å². The highest BCUT2D eigenvalue weighted by Crippen LogP contribution is 2.35. The first kappa shape index (κ1) is 21.0. The molecule has 33 heavy (non-hydrogen) atoms. The van der Waals surface area contributed by atoms with Gasteiger partial charge in [0.1, 0.15) is 11.8 Å². The van der Waals surface area contributed by atoms with Gasteiger partial charge in [0.2, 0.25) is 0 Å². The molecule has 160 valence electrons. The molecular weight excluding hydrogens is 422 g/mol. The first-order chi connectivity index (χ1) is 16.0. The number of nitrogens with two attached hydrogens (primary N) is 1. The van der Waals surface area contributed by atoms with Gasteiger partial charge in [0.25, 0.3) is 5.69 Å². The van der Waals surface area contributed by atoms with E-state index in [4.69, 9.17) is 5.73 Å². The van der Waals surface area contributed by atoms with Crippen LogP contribution in [0.1, 0.15) is 5.56 Å². The molecule has 0 spiro atoms. The van der Waals surface area contributed by atoms with Crippen molar-refractivity contribution in [2.75, 3.05) is 11.1 Å². The predicted octanol–water partition coefficient (Wildman–Crippen LogP) is 5.06. The van der Waals surface area contributed by atoms with Crippen molar-refractivity contribution in [3.05, 3.63) is 88.7 Å². The number of aromatic nitrogens is 3. The normalized spacial score (nSPS) is 10.6. The Labute approximate surface area is 187 Å². The van der Waals surface area contributed by atoms with Crippen molar-refractivity contribution < 1.29 is 4.92 Å². The molecule has 0 fully saturated rings. The molecule has 0 saturated carbocycles. The van der Waals surface area contributed by atoms with Gasteiger partial charge in [-0.25, -0.2) is 9.97 Å². The highest BCUT2D eigenvalue weighted by atomic mass is 16.6. The van der Waals surface area contributed by atoms with Crippen LogP contribution >= 0.6 is 0 Å². The van der Waals surface area contributed by atoms with E-state index in [9.17, 15) is 15.4 Å². The molecule has 0 saturated heterocycles. The lowest BCUT2D eigenvalue weighted by Gasteiger charge is -2.11. The third-order valence-electron chi connectivity index (χ3n) is 4.46. The van der Waals surface area contributed by atoms with Gasteiger partial charge >= 0.3 is 0 Å². The van der Waals surface area contributed by atoms with Crippen molar-refractivity contribution in [1.29, 1.82) is 5.26 Å². The van der Waals surface area contributed by atoms with Gasteiger partial charge in [0, 0.05) is 35.8 Å². The van der Waals surface area contributed by atoms with Crippen molar-refractivity contribution in [2.24, 2.45) is 10.2 Å². The number of anilines is 3. The van der Waals surface area contributed by atoms with E-state index in [-0.39, 0.29) is 28.4 Å². The Morgan fingerprint density at radius 3 is 2.48 bits per heavy atom. The maximum atomic E-state index is 11.0. The first-order valence-corrected chi connectivity index (χ1v) is 9.55. The van der Waals surface area contributed by atoms with Crippen molar-refractivity contribution in [2.45, 2.75) is 0 Å². The van der Waals surface area contributed by atoms with Crippen LogP contribution in [0.3, 0.4) is 0 Å². The molecule has 0 bridgehead atoms. The fraction of sp³-hybridized carbons (Fsp3) is 0. The van der Waals surface area contributed by atoms with E-state index in [0.717, 1.165) is 11.8 Å². The number of azo groups is 1. The van der Waals surface area contributed by atoms with E-state index in [1.54, 1.807) is 24.5 Å². The first-order valence-electron chi connectivity index (χ1n) is 9.55. The number of non-ortho nitro benzene ring substituents is 1. The zero-order chi connectivity index (χ0) is 23.2. The average molecular weight is 437 g/mol. The highest BCUT2D eigenvalue weighted by molar-refractivity contribution is 5.78. The Balaban J connectivity index is 1.79. The molecule has 11 heteroatoms. The molecule has 0 aliphatic rings. The summed E-state index contributed by atoms with van der Waals surface area (Å²) >= 11 is 0. The molecule has 0 atom stereocenters. The van der Waals surface area contributed by atoms with E-state index in [2.05, 4.69) is 30.5 Å². The number of nitrogen functional groups attached to an aromatic ring is 1. The van der Waals surface area contributed by atoms with Gasteiger partial charge in [-0.1, -0.05) is 18.2 Å². The topological polar surface area (TPSA) is 168 Å². The Morgan fingerprint density at radius 2 is 1.79 bits per heavy atom. The molecule has 4 rings (SSSR count). The van der Waals surface area contributed by atoms with Gasteiger partial charge in [0.15, 0.2) is 23.1 Å². The van der Waals surface area contributed by atoms with Crippen LogP contribution in [0.5, 0.6) is 0 Å². The maximum absolute atomic E-state index is 11.0. The molecule has 0 aliphatic carbocycles. The van der Waals surface area contributed by atoms with Gasteiger partial charge in [-0.05, 0) is 30.3 Å². The second-order valence-corrected chi connectivity index (χ2v) is 6.63. The Morgan fingerprint density at radius 1 is 1.03 bits per heavy atom. The lowest BCUT2D eigenvalue weighted by atomic mass is 10.2. The third-order valence-corrected chi connectivity index (χ3v) is 4.46. The summed E-state index contributed by atoms with van der Waals surface area (Å²) in [5.74, 6) is 0.712. The largest absolute Gasteiger partial charge is 0.382 e. The number of nitro benzene ring substituents is 1. The monoisotopic (exact) mass is 437 g/mol. The molecule has 0 unspecified atom stereocenters. The minimum absolute atomic E-state index is 0.00147. The number of pyridine rings is 1. The lowest BCUT2D eigenvalue weighted by Crippen LogP contribution is -2.02. The maximum Gasteiger partial charge on any atom is 0.270 e. The second-order valence-electron chi connectivity index (χ2n) is 6.63. The van der Waals surface area contributed by atoms with Crippen LogP contribution < -0.4 is 11.1 Å². The van der Waals surface area contributed by atoms with E-state index < -0.39 is 4.92 Å². The minimum Gasteiger partial charge on any atom is -0.382 e. The Bertz CT molecular complexity index is 1380. The van der Waals surface area contributed by atoms with Crippen molar-refractivity contribution >= 4 is 34.4 Å². The molecule has 11 nitrogen and oxygen atoms in total. The fourth-order valence-electron chi connectivity index (χ4n) is 2.86. The number of benzene rings is 2. The van der Waals surface area contributed by atoms with Crippen LogP contribution in [0.15, 0.2) is 83.3 Å². The van der Waals surface area contributed by atoms with Gasteiger partial charge in [-0.2, -0.15) is 5.26 Å². The van der Waals surface area contributed by atoms with Crippen molar-refractivity contribution in [3.8, 4) is 17.5 Å². The number of rotatable bonds is 6. The summed E-state index contributed by atoms with van der Waals surface area (Å²) < 4.78 is 0. The standard InChI is InChI=1S/C22H15N9O2/c23-13-15-12-17(31(32)33)6-7-18(15)29-30-19-20(24)27-21(14-8-10-25-11-9-14)28-22(19)26-16-4-2-1-3-5-16/h1-12H,(H3,24,26,27,28). The van der Waals surface area contributed by atoms with E-state index in [0.29, 0.717) is 17.2 Å². The lowest BCUT2D eigenvalue weighted by molar-refractivity contribution is -0.384. The molecule has 2 aromatic carbocycles. The Kier molecular flexibility index (Phi) is 5.90. The van der Waals surface area contributed by atoms with E-state index in [1.165, 1.54) is 12.1 Å². The average Bonchev–Trinajstić information content (AvgIpc) is 2.84. The third kappa shape index (κ3) is 4.75. The summed E-state index contributed by atoms with van der Waals surface area (Å²) in [6.07, 6.45) is 3.23.